The molecule has 7 aromatic carbocycles. The smallest absolute Gasteiger partial charge is 0.0875 e. The fourth-order valence-corrected chi connectivity index (χ4v) is 7.18. The van der Waals surface area contributed by atoms with Gasteiger partial charge in [-0.3, -0.25) is 0 Å². The SMILES string of the molecule is c1ccc(N(c2ccccc2)c2ccc([SiH2]c3ccc(N(c4ccccc4)c4cccc5ccccc45)cc3)cc2)cc1. The molecule has 0 saturated heterocycles. The highest BCUT2D eigenvalue weighted by molar-refractivity contribution is 6.67. The van der Waals surface area contributed by atoms with E-state index in [1.165, 1.54) is 32.5 Å². The van der Waals surface area contributed by atoms with Gasteiger partial charge < -0.3 is 9.80 Å². The van der Waals surface area contributed by atoms with E-state index in [2.05, 4.69) is 192 Å². The molecule has 206 valence electrons. The zero-order chi connectivity index (χ0) is 28.8. The monoisotopic (exact) mass is 568 g/mol. The van der Waals surface area contributed by atoms with Crippen molar-refractivity contribution in [3.63, 3.8) is 0 Å². The number of nitrogens with zero attached hydrogens (tertiary/aromatic N) is 2. The van der Waals surface area contributed by atoms with Crippen molar-refractivity contribution in [1.29, 1.82) is 0 Å². The lowest BCUT2D eigenvalue weighted by Crippen LogP contribution is -2.27. The Hall–Kier alpha value is -5.38. The van der Waals surface area contributed by atoms with E-state index < -0.39 is 9.52 Å². The lowest BCUT2D eigenvalue weighted by molar-refractivity contribution is 1.29. The van der Waals surface area contributed by atoms with E-state index in [-0.39, 0.29) is 0 Å². The zero-order valence-electron chi connectivity index (χ0n) is 23.9. The summed E-state index contributed by atoms with van der Waals surface area (Å²) < 4.78 is 0. The van der Waals surface area contributed by atoms with Crippen molar-refractivity contribution in [2.45, 2.75) is 0 Å². The lowest BCUT2D eigenvalue weighted by atomic mass is 10.1. The Labute approximate surface area is 255 Å². The van der Waals surface area contributed by atoms with Crippen LogP contribution in [0.4, 0.5) is 34.1 Å². The van der Waals surface area contributed by atoms with Crippen LogP contribution in [0.1, 0.15) is 0 Å². The lowest BCUT2D eigenvalue weighted by Gasteiger charge is -2.27. The molecule has 43 heavy (non-hydrogen) atoms. The van der Waals surface area contributed by atoms with Crippen LogP contribution in [0.3, 0.4) is 0 Å². The van der Waals surface area contributed by atoms with Gasteiger partial charge in [0.15, 0.2) is 0 Å². The summed E-state index contributed by atoms with van der Waals surface area (Å²) >= 11 is 0. The zero-order valence-corrected chi connectivity index (χ0v) is 25.3. The van der Waals surface area contributed by atoms with Gasteiger partial charge in [0.2, 0.25) is 0 Å². The molecule has 0 amide bonds. The summed E-state index contributed by atoms with van der Waals surface area (Å²) in [5.74, 6) is 0. The van der Waals surface area contributed by atoms with E-state index in [1.807, 2.05) is 0 Å². The van der Waals surface area contributed by atoms with Gasteiger partial charge in [-0.25, -0.2) is 0 Å². The van der Waals surface area contributed by atoms with Crippen LogP contribution >= 0.6 is 0 Å². The van der Waals surface area contributed by atoms with Crippen LogP contribution in [0.15, 0.2) is 182 Å². The van der Waals surface area contributed by atoms with Crippen molar-refractivity contribution in [3.8, 4) is 0 Å². The largest absolute Gasteiger partial charge is 0.311 e. The van der Waals surface area contributed by atoms with E-state index in [4.69, 9.17) is 0 Å². The van der Waals surface area contributed by atoms with Crippen LogP contribution in [-0.2, 0) is 0 Å². The Morgan fingerprint density at radius 2 is 0.698 bits per heavy atom. The average molecular weight is 569 g/mol. The number of para-hydroxylation sites is 3. The highest BCUT2D eigenvalue weighted by Crippen LogP contribution is 2.38. The molecule has 0 aromatic heterocycles. The summed E-state index contributed by atoms with van der Waals surface area (Å²) in [7, 11) is -0.637. The number of anilines is 6. The fraction of sp³-hybridized carbons (Fsp3) is 0. The molecule has 0 radical (unpaired) electrons. The second kappa shape index (κ2) is 12.2. The minimum atomic E-state index is -0.637. The van der Waals surface area contributed by atoms with Gasteiger partial charge >= 0.3 is 0 Å². The first kappa shape index (κ1) is 26.5. The van der Waals surface area contributed by atoms with Crippen LogP contribution in [0, 0.1) is 0 Å². The molecule has 0 aliphatic carbocycles. The third-order valence-corrected chi connectivity index (χ3v) is 9.61. The van der Waals surface area contributed by atoms with E-state index in [0.717, 1.165) is 22.7 Å². The van der Waals surface area contributed by atoms with Gasteiger partial charge in [-0.15, -0.1) is 0 Å². The van der Waals surface area contributed by atoms with Crippen molar-refractivity contribution in [2.24, 2.45) is 0 Å². The predicted octanol–water partition coefficient (Wildman–Crippen LogP) is 8.90. The molecular formula is C40H32N2Si. The van der Waals surface area contributed by atoms with Gasteiger partial charge in [0.05, 0.1) is 15.2 Å². The third kappa shape index (κ3) is 5.72. The molecule has 0 bridgehead atoms. The molecular weight excluding hydrogens is 537 g/mol. The Morgan fingerprint density at radius 3 is 1.23 bits per heavy atom. The molecule has 7 aromatic rings. The summed E-state index contributed by atoms with van der Waals surface area (Å²) in [6.45, 7) is 0. The first-order valence-electron chi connectivity index (χ1n) is 14.7. The highest BCUT2D eigenvalue weighted by atomic mass is 28.2. The van der Waals surface area contributed by atoms with E-state index in [0.29, 0.717) is 0 Å². The van der Waals surface area contributed by atoms with Crippen molar-refractivity contribution in [3.05, 3.63) is 182 Å². The van der Waals surface area contributed by atoms with Crippen molar-refractivity contribution in [1.82, 2.24) is 0 Å². The minimum absolute atomic E-state index is 0.637. The predicted molar refractivity (Wildman–Crippen MR) is 188 cm³/mol. The molecule has 7 rings (SSSR count). The van der Waals surface area contributed by atoms with Crippen molar-refractivity contribution >= 4 is 64.8 Å². The van der Waals surface area contributed by atoms with E-state index >= 15 is 0 Å². The Kier molecular flexibility index (Phi) is 7.54. The second-order valence-corrected chi connectivity index (χ2v) is 12.7. The van der Waals surface area contributed by atoms with Crippen molar-refractivity contribution in [2.75, 3.05) is 9.80 Å². The normalized spacial score (nSPS) is 11.2. The Bertz CT molecular complexity index is 1880. The molecule has 0 unspecified atom stereocenters. The molecule has 0 spiro atoms. The number of hydrogen-bond donors (Lipinski definition) is 0. The van der Waals surface area contributed by atoms with Gasteiger partial charge in [0.1, 0.15) is 0 Å². The Balaban J connectivity index is 1.16. The molecule has 0 N–H and O–H groups in total. The minimum Gasteiger partial charge on any atom is -0.311 e. The molecule has 0 aliphatic heterocycles. The standard InChI is InChI=1S/C40H32N2Si/c1-4-15-32(16-5-1)41(33-17-6-2-7-18-33)35-23-27-37(28-24-35)43-38-29-25-36(26-30-38)42(34-19-8-3-9-20-34)40-22-12-14-31-13-10-11-21-39(31)40/h1-30H,43H2. The van der Waals surface area contributed by atoms with E-state index in [9.17, 15) is 0 Å². The quantitative estimate of drug-likeness (QED) is 0.169. The van der Waals surface area contributed by atoms with Crippen molar-refractivity contribution < 1.29 is 0 Å². The number of benzene rings is 7. The molecule has 0 aliphatic rings. The van der Waals surface area contributed by atoms with Gasteiger partial charge in [-0.1, -0.05) is 126 Å². The summed E-state index contributed by atoms with van der Waals surface area (Å²) in [6.07, 6.45) is 0. The Morgan fingerprint density at radius 1 is 0.302 bits per heavy atom. The summed E-state index contributed by atoms with van der Waals surface area (Å²) in [4.78, 5) is 4.68. The maximum absolute atomic E-state index is 2.37. The molecule has 2 nitrogen and oxygen atoms in total. The molecule has 3 heteroatoms. The van der Waals surface area contributed by atoms with Crippen LogP contribution in [0.5, 0.6) is 0 Å². The maximum atomic E-state index is 2.37. The first-order valence-corrected chi connectivity index (χ1v) is 16.2. The summed E-state index contributed by atoms with van der Waals surface area (Å²) in [6, 6.07) is 65.3. The maximum Gasteiger partial charge on any atom is 0.0875 e. The van der Waals surface area contributed by atoms with E-state index in [1.54, 1.807) is 0 Å². The molecule has 0 atom stereocenters. The molecule has 0 fully saturated rings. The molecule has 0 heterocycles. The van der Waals surface area contributed by atoms with Gasteiger partial charge in [0.25, 0.3) is 0 Å². The number of fused-ring (bicyclic) bond motifs is 1. The van der Waals surface area contributed by atoms with Gasteiger partial charge in [0, 0.05) is 33.8 Å². The summed E-state index contributed by atoms with van der Waals surface area (Å²) in [5, 5.41) is 5.33. The summed E-state index contributed by atoms with van der Waals surface area (Å²) in [5.41, 5.74) is 6.98. The van der Waals surface area contributed by atoms with Crippen LogP contribution in [0.25, 0.3) is 10.8 Å². The van der Waals surface area contributed by atoms with Crippen LogP contribution in [-0.4, -0.2) is 9.52 Å². The second-order valence-electron chi connectivity index (χ2n) is 10.7. The molecule has 0 saturated carbocycles. The van der Waals surface area contributed by atoms with Gasteiger partial charge in [-0.05, 0) is 72.1 Å². The first-order chi connectivity index (χ1) is 21.3. The third-order valence-electron chi connectivity index (χ3n) is 7.85. The van der Waals surface area contributed by atoms with Gasteiger partial charge in [-0.2, -0.15) is 0 Å². The number of rotatable bonds is 8. The average Bonchev–Trinajstić information content (AvgIpc) is 3.08. The van der Waals surface area contributed by atoms with Crippen LogP contribution in [0.2, 0.25) is 0 Å². The fourth-order valence-electron chi connectivity index (χ4n) is 5.77. The highest BCUT2D eigenvalue weighted by Gasteiger charge is 2.15. The van der Waals surface area contributed by atoms with Crippen LogP contribution < -0.4 is 20.2 Å². The number of hydrogen-bond acceptors (Lipinski definition) is 2. The topological polar surface area (TPSA) is 6.48 Å².